The van der Waals surface area contributed by atoms with E-state index in [2.05, 4.69) is 26.2 Å². The predicted molar refractivity (Wildman–Crippen MR) is 121 cm³/mol. The van der Waals surface area contributed by atoms with Gasteiger partial charge in [0.05, 0.1) is 20.5 Å². The van der Waals surface area contributed by atoms with Crippen LogP contribution in [0.25, 0.3) is 17.4 Å². The average molecular weight is 505 g/mol. The number of amides is 1. The molecule has 1 N–H and O–H groups in total. The zero-order chi connectivity index (χ0) is 21.3. The fourth-order valence-electron chi connectivity index (χ4n) is 2.64. The second-order valence-corrected chi connectivity index (χ2v) is 8.43. The first kappa shape index (κ1) is 20.4. The monoisotopic (exact) mass is 503 g/mol. The van der Waals surface area contributed by atoms with Crippen LogP contribution in [0.1, 0.15) is 5.76 Å². The lowest BCUT2D eigenvalue weighted by Crippen LogP contribution is -2.19. The van der Waals surface area contributed by atoms with E-state index < -0.39 is 4.92 Å². The molecule has 0 saturated carbocycles. The number of aliphatic imine (C=N–C) groups is 1. The molecule has 0 aliphatic carbocycles. The van der Waals surface area contributed by atoms with Crippen molar-refractivity contribution in [1.29, 1.82) is 0 Å². The number of rotatable bonds is 4. The van der Waals surface area contributed by atoms with Crippen LogP contribution < -0.4 is 5.32 Å². The number of thioether (sulfide) groups is 1. The molecule has 0 unspecified atom stereocenters. The number of nitro groups is 1. The van der Waals surface area contributed by atoms with Crippen LogP contribution in [0.15, 0.2) is 73.4 Å². The van der Waals surface area contributed by atoms with Gasteiger partial charge in [-0.25, -0.2) is 4.99 Å². The molecule has 7 nitrogen and oxygen atoms in total. The first-order valence-corrected chi connectivity index (χ1v) is 10.5. The summed E-state index contributed by atoms with van der Waals surface area (Å²) in [6.07, 6.45) is 1.60. The van der Waals surface area contributed by atoms with Crippen molar-refractivity contribution in [3.05, 3.63) is 84.9 Å². The Morgan fingerprint density at radius 2 is 1.93 bits per heavy atom. The summed E-state index contributed by atoms with van der Waals surface area (Å²) >= 11 is 10.7. The number of nitrogens with zero attached hydrogens (tertiary/aromatic N) is 2. The Labute approximate surface area is 188 Å². The summed E-state index contributed by atoms with van der Waals surface area (Å²) in [5, 5.41) is 14.2. The van der Waals surface area contributed by atoms with Crippen LogP contribution >= 0.6 is 39.3 Å². The highest BCUT2D eigenvalue weighted by Crippen LogP contribution is 2.34. The summed E-state index contributed by atoms with van der Waals surface area (Å²) < 4.78 is 6.70. The van der Waals surface area contributed by atoms with E-state index in [1.165, 1.54) is 30.0 Å². The molecule has 4 rings (SSSR count). The second kappa shape index (κ2) is 8.47. The Bertz CT molecular complexity index is 1220. The molecule has 1 saturated heterocycles. The molecule has 0 spiro atoms. The summed E-state index contributed by atoms with van der Waals surface area (Å²) in [5.74, 6) is 0.609. The van der Waals surface area contributed by atoms with Crippen LogP contribution in [0, 0.1) is 10.1 Å². The van der Waals surface area contributed by atoms with Gasteiger partial charge in [0.2, 0.25) is 0 Å². The summed E-state index contributed by atoms with van der Waals surface area (Å²) in [6.45, 7) is 0. The molecule has 1 amide bonds. The molecule has 2 heterocycles. The highest BCUT2D eigenvalue weighted by molar-refractivity contribution is 9.10. The number of furan rings is 1. The van der Waals surface area contributed by atoms with Gasteiger partial charge in [0, 0.05) is 28.2 Å². The fourth-order valence-corrected chi connectivity index (χ4v) is 3.99. The summed E-state index contributed by atoms with van der Waals surface area (Å²) in [6, 6.07) is 14.9. The Morgan fingerprint density at radius 3 is 2.63 bits per heavy atom. The third kappa shape index (κ3) is 4.48. The second-order valence-electron chi connectivity index (χ2n) is 6.08. The summed E-state index contributed by atoms with van der Waals surface area (Å²) in [7, 11) is 0. The summed E-state index contributed by atoms with van der Waals surface area (Å²) in [5.41, 5.74) is 1.14. The normalized spacial score (nSPS) is 16.3. The van der Waals surface area contributed by atoms with Crippen molar-refractivity contribution < 1.29 is 14.1 Å². The Kier molecular flexibility index (Phi) is 5.76. The fraction of sp³-hybridized carbons (Fsp3) is 0. The molecule has 150 valence electrons. The molecule has 1 fully saturated rings. The van der Waals surface area contributed by atoms with Gasteiger partial charge in [-0.15, -0.1) is 0 Å². The maximum absolute atomic E-state index is 12.3. The minimum Gasteiger partial charge on any atom is -0.457 e. The average Bonchev–Trinajstić information content (AvgIpc) is 3.30. The van der Waals surface area contributed by atoms with Crippen molar-refractivity contribution in [3.8, 4) is 11.3 Å². The first-order chi connectivity index (χ1) is 14.4. The number of halogens is 2. The van der Waals surface area contributed by atoms with Gasteiger partial charge in [0.25, 0.3) is 11.6 Å². The van der Waals surface area contributed by atoms with Gasteiger partial charge < -0.3 is 9.73 Å². The van der Waals surface area contributed by atoms with E-state index in [4.69, 9.17) is 16.0 Å². The van der Waals surface area contributed by atoms with E-state index in [0.29, 0.717) is 27.2 Å². The summed E-state index contributed by atoms with van der Waals surface area (Å²) in [4.78, 5) is 27.4. The molecule has 1 aromatic heterocycles. The van der Waals surface area contributed by atoms with Crippen LogP contribution in [-0.4, -0.2) is 16.0 Å². The number of carbonyl (C=O) groups excluding carboxylic acids is 1. The van der Waals surface area contributed by atoms with Crippen LogP contribution in [0.3, 0.4) is 0 Å². The molecule has 10 heteroatoms. The molecular formula is C20H11BrClN3O4S. The van der Waals surface area contributed by atoms with Crippen molar-refractivity contribution >= 4 is 67.8 Å². The molecule has 2 aromatic carbocycles. The molecule has 1 aliphatic rings. The molecule has 3 aromatic rings. The van der Waals surface area contributed by atoms with Crippen molar-refractivity contribution in [3.63, 3.8) is 0 Å². The zero-order valence-corrected chi connectivity index (χ0v) is 18.1. The number of hydrogen-bond donors (Lipinski definition) is 1. The SMILES string of the molecule is O=C1NC(=Nc2ccc(Br)cc2)S/C1=C\c1ccc(-c2ccc([N+](=O)[O-])cc2Cl)o1. The van der Waals surface area contributed by atoms with Gasteiger partial charge in [0.1, 0.15) is 11.5 Å². The molecule has 0 bridgehead atoms. The standard InChI is InChI=1S/C20H11BrClN3O4S/c21-11-1-3-12(4-2-11)23-20-24-19(26)18(30-20)10-14-6-8-17(29-14)15-7-5-13(25(27)28)9-16(15)22/h1-10H,(H,23,24,26)/b18-10-. The van der Waals surface area contributed by atoms with Crippen LogP contribution in [-0.2, 0) is 4.79 Å². The number of amidine groups is 1. The number of benzene rings is 2. The largest absolute Gasteiger partial charge is 0.457 e. The highest BCUT2D eigenvalue weighted by Gasteiger charge is 2.24. The lowest BCUT2D eigenvalue weighted by Gasteiger charge is -2.00. The first-order valence-electron chi connectivity index (χ1n) is 8.48. The zero-order valence-electron chi connectivity index (χ0n) is 15.0. The van der Waals surface area contributed by atoms with Crippen molar-refractivity contribution in [2.75, 3.05) is 0 Å². The quantitative estimate of drug-likeness (QED) is 0.261. The number of nitro benzene ring substituents is 1. The van der Waals surface area contributed by atoms with Gasteiger partial charge in [0.15, 0.2) is 5.17 Å². The van der Waals surface area contributed by atoms with Gasteiger partial charge in [-0.3, -0.25) is 14.9 Å². The van der Waals surface area contributed by atoms with Crippen LogP contribution in [0.2, 0.25) is 5.02 Å². The van der Waals surface area contributed by atoms with Crippen LogP contribution in [0.4, 0.5) is 11.4 Å². The van der Waals surface area contributed by atoms with E-state index in [-0.39, 0.29) is 16.6 Å². The maximum atomic E-state index is 12.3. The number of non-ortho nitro benzene ring substituents is 1. The number of hydrogen-bond acceptors (Lipinski definition) is 6. The Morgan fingerprint density at radius 1 is 1.17 bits per heavy atom. The topological polar surface area (TPSA) is 97.7 Å². The van der Waals surface area contributed by atoms with Crippen LogP contribution in [0.5, 0.6) is 0 Å². The van der Waals surface area contributed by atoms with Crippen molar-refractivity contribution in [1.82, 2.24) is 5.32 Å². The number of carbonyl (C=O) groups is 1. The van der Waals surface area contributed by atoms with E-state index in [1.807, 2.05) is 24.3 Å². The minimum atomic E-state index is -0.517. The van der Waals surface area contributed by atoms with Crippen molar-refractivity contribution in [2.24, 2.45) is 4.99 Å². The minimum absolute atomic E-state index is 0.103. The lowest BCUT2D eigenvalue weighted by molar-refractivity contribution is -0.384. The molecule has 0 atom stereocenters. The third-order valence-electron chi connectivity index (χ3n) is 4.04. The smallest absolute Gasteiger partial charge is 0.270 e. The molecule has 0 radical (unpaired) electrons. The van der Waals surface area contributed by atoms with Gasteiger partial charge in [-0.05, 0) is 54.2 Å². The van der Waals surface area contributed by atoms with Gasteiger partial charge >= 0.3 is 0 Å². The molecule has 1 aliphatic heterocycles. The van der Waals surface area contributed by atoms with Gasteiger partial charge in [-0.1, -0.05) is 27.5 Å². The Hall–Kier alpha value is -2.88. The lowest BCUT2D eigenvalue weighted by atomic mass is 10.1. The van der Waals surface area contributed by atoms with Gasteiger partial charge in [-0.2, -0.15) is 0 Å². The van der Waals surface area contributed by atoms with E-state index in [9.17, 15) is 14.9 Å². The predicted octanol–water partition coefficient (Wildman–Crippen LogP) is 6.16. The highest BCUT2D eigenvalue weighted by atomic mass is 79.9. The number of nitrogens with one attached hydrogen (secondary N) is 1. The maximum Gasteiger partial charge on any atom is 0.270 e. The molecule has 30 heavy (non-hydrogen) atoms. The van der Waals surface area contributed by atoms with E-state index in [0.717, 1.165) is 10.2 Å². The molecular weight excluding hydrogens is 494 g/mol. The van der Waals surface area contributed by atoms with E-state index in [1.54, 1.807) is 18.2 Å². The van der Waals surface area contributed by atoms with E-state index >= 15 is 0 Å². The van der Waals surface area contributed by atoms with Crippen molar-refractivity contribution in [2.45, 2.75) is 0 Å². The third-order valence-corrected chi connectivity index (χ3v) is 5.79. The Balaban J connectivity index is 1.55.